The SMILES string of the molecule is Cc1ccc2cc1OCCNC(=O)CN(C(=O)[C@H]1CCCO1)CCNC(=O)[C@H]([C@@H](C)O)NC2=O. The van der Waals surface area contributed by atoms with Gasteiger partial charge in [-0.15, -0.1) is 0 Å². The molecule has 0 spiro atoms. The number of hydrogen-bond acceptors (Lipinski definition) is 7. The number of nitrogens with one attached hydrogen (secondary N) is 3. The molecule has 3 atom stereocenters. The molecule has 0 radical (unpaired) electrons. The number of ether oxygens (including phenoxy) is 2. The predicted octanol–water partition coefficient (Wildman–Crippen LogP) is -0.893. The Kier molecular flexibility index (Phi) is 8.83. The van der Waals surface area contributed by atoms with Crippen molar-refractivity contribution in [3.8, 4) is 5.75 Å². The maximum atomic E-state index is 12.9. The Morgan fingerprint density at radius 1 is 1.18 bits per heavy atom. The number of hydrogen-bond donors (Lipinski definition) is 4. The second-order valence-electron chi connectivity index (χ2n) is 8.42. The maximum absolute atomic E-state index is 12.9. The largest absolute Gasteiger partial charge is 0.491 e. The topological polar surface area (TPSA) is 146 Å². The smallest absolute Gasteiger partial charge is 0.252 e. The zero-order chi connectivity index (χ0) is 24.7. The third kappa shape index (κ3) is 6.67. The van der Waals surface area contributed by atoms with Crippen LogP contribution in [-0.2, 0) is 19.1 Å². The van der Waals surface area contributed by atoms with Gasteiger partial charge < -0.3 is 35.4 Å². The number of benzene rings is 1. The van der Waals surface area contributed by atoms with E-state index < -0.39 is 30.1 Å². The molecule has 186 valence electrons. The fraction of sp³-hybridized carbons (Fsp3) is 0.565. The van der Waals surface area contributed by atoms with Crippen LogP contribution in [0.1, 0.15) is 35.7 Å². The van der Waals surface area contributed by atoms with E-state index >= 15 is 0 Å². The summed E-state index contributed by atoms with van der Waals surface area (Å²) in [6.45, 7) is 3.97. The van der Waals surface area contributed by atoms with Crippen LogP contribution in [0.15, 0.2) is 18.2 Å². The van der Waals surface area contributed by atoms with Gasteiger partial charge in [-0.3, -0.25) is 19.2 Å². The van der Waals surface area contributed by atoms with Crippen LogP contribution >= 0.6 is 0 Å². The molecular formula is C23H32N4O7. The Labute approximate surface area is 198 Å². The van der Waals surface area contributed by atoms with E-state index in [4.69, 9.17) is 9.47 Å². The molecule has 0 aromatic heterocycles. The Balaban J connectivity index is 1.79. The quantitative estimate of drug-likeness (QED) is 0.433. The number of carbonyl (C=O) groups is 4. The fourth-order valence-corrected chi connectivity index (χ4v) is 3.77. The number of carbonyl (C=O) groups excluding carboxylic acids is 4. The standard InChI is InChI=1S/C23H32N4O7/c1-14-5-6-16-12-18(14)34-11-8-24-19(29)13-27(23(32)17-4-3-10-33-17)9-7-25-22(31)20(15(2)28)26-21(16)30/h5-6,12,15,17,20,28H,3-4,7-11,13H2,1-2H3,(H,24,29)(H,25,31)(H,26,30)/t15-,17-,20+/m1/s1. The molecule has 1 aromatic carbocycles. The minimum atomic E-state index is -1.21. The van der Waals surface area contributed by atoms with Gasteiger partial charge in [-0.1, -0.05) is 6.07 Å². The van der Waals surface area contributed by atoms with E-state index in [-0.39, 0.29) is 50.2 Å². The van der Waals surface area contributed by atoms with Gasteiger partial charge in [0.15, 0.2) is 0 Å². The molecule has 0 aliphatic carbocycles. The Morgan fingerprint density at radius 2 is 1.97 bits per heavy atom. The summed E-state index contributed by atoms with van der Waals surface area (Å²) in [6, 6.07) is 3.64. The van der Waals surface area contributed by atoms with Crippen molar-refractivity contribution < 1.29 is 33.8 Å². The first-order valence-corrected chi connectivity index (χ1v) is 11.4. The van der Waals surface area contributed by atoms with E-state index in [1.165, 1.54) is 11.8 Å². The first-order chi connectivity index (χ1) is 16.3. The summed E-state index contributed by atoms with van der Waals surface area (Å²) in [5.74, 6) is -1.37. The van der Waals surface area contributed by atoms with Crippen molar-refractivity contribution in [1.29, 1.82) is 0 Å². The number of aliphatic hydroxyl groups excluding tert-OH is 1. The van der Waals surface area contributed by atoms with Crippen LogP contribution in [0.25, 0.3) is 0 Å². The number of rotatable bonds is 2. The van der Waals surface area contributed by atoms with Gasteiger partial charge in [-0.2, -0.15) is 0 Å². The zero-order valence-corrected chi connectivity index (χ0v) is 19.5. The molecule has 3 rings (SSSR count). The highest BCUT2D eigenvalue weighted by molar-refractivity contribution is 5.98. The number of nitrogens with zero attached hydrogens (tertiary/aromatic N) is 1. The monoisotopic (exact) mass is 476 g/mol. The zero-order valence-electron chi connectivity index (χ0n) is 19.5. The van der Waals surface area contributed by atoms with Crippen molar-refractivity contribution in [2.24, 2.45) is 0 Å². The average molecular weight is 477 g/mol. The molecule has 1 aromatic rings. The van der Waals surface area contributed by atoms with Crippen molar-refractivity contribution in [1.82, 2.24) is 20.9 Å². The van der Waals surface area contributed by atoms with Crippen LogP contribution in [0.3, 0.4) is 0 Å². The summed E-state index contributed by atoms with van der Waals surface area (Å²) in [4.78, 5) is 52.1. The second kappa shape index (κ2) is 11.8. The van der Waals surface area contributed by atoms with Gasteiger partial charge in [0.2, 0.25) is 11.8 Å². The molecule has 0 unspecified atom stereocenters. The van der Waals surface area contributed by atoms with E-state index in [0.29, 0.717) is 18.8 Å². The van der Waals surface area contributed by atoms with Crippen LogP contribution < -0.4 is 20.7 Å². The molecule has 2 bridgehead atoms. The minimum absolute atomic E-state index is 0.0292. The van der Waals surface area contributed by atoms with Crippen molar-refractivity contribution in [2.75, 3.05) is 39.4 Å². The van der Waals surface area contributed by atoms with Gasteiger partial charge >= 0.3 is 0 Å². The highest BCUT2D eigenvalue weighted by atomic mass is 16.5. The van der Waals surface area contributed by atoms with Crippen LogP contribution in [0.2, 0.25) is 0 Å². The fourth-order valence-electron chi connectivity index (χ4n) is 3.77. The molecule has 2 heterocycles. The molecule has 4 amide bonds. The van der Waals surface area contributed by atoms with E-state index in [1.54, 1.807) is 18.2 Å². The number of aliphatic hydroxyl groups is 1. The molecule has 34 heavy (non-hydrogen) atoms. The highest BCUT2D eigenvalue weighted by Crippen LogP contribution is 2.20. The molecule has 2 aliphatic heterocycles. The lowest BCUT2D eigenvalue weighted by molar-refractivity contribution is -0.144. The van der Waals surface area contributed by atoms with E-state index in [1.807, 2.05) is 6.92 Å². The van der Waals surface area contributed by atoms with Crippen molar-refractivity contribution in [3.05, 3.63) is 29.3 Å². The third-order valence-electron chi connectivity index (χ3n) is 5.72. The number of fused-ring (bicyclic) bond motifs is 2. The first kappa shape index (κ1) is 25.4. The van der Waals surface area contributed by atoms with Crippen molar-refractivity contribution in [2.45, 2.75) is 44.9 Å². The molecular weight excluding hydrogens is 444 g/mol. The van der Waals surface area contributed by atoms with E-state index in [0.717, 1.165) is 12.0 Å². The molecule has 11 heteroatoms. The molecule has 11 nitrogen and oxygen atoms in total. The van der Waals surface area contributed by atoms with Gasteiger partial charge in [0.1, 0.15) is 24.5 Å². The first-order valence-electron chi connectivity index (χ1n) is 11.4. The van der Waals surface area contributed by atoms with Gasteiger partial charge in [-0.25, -0.2) is 0 Å². The van der Waals surface area contributed by atoms with Gasteiger partial charge in [-0.05, 0) is 44.4 Å². The lowest BCUT2D eigenvalue weighted by Crippen LogP contribution is -2.54. The van der Waals surface area contributed by atoms with Gasteiger partial charge in [0.05, 0.1) is 19.2 Å². The highest BCUT2D eigenvalue weighted by Gasteiger charge is 2.30. The van der Waals surface area contributed by atoms with Gasteiger partial charge in [0, 0.05) is 25.3 Å². The van der Waals surface area contributed by atoms with Gasteiger partial charge in [0.25, 0.3) is 11.8 Å². The Morgan fingerprint density at radius 3 is 2.68 bits per heavy atom. The molecule has 2 aliphatic rings. The Bertz CT molecular complexity index is 915. The summed E-state index contributed by atoms with van der Waals surface area (Å²) < 4.78 is 11.2. The number of amides is 4. The second-order valence-corrected chi connectivity index (χ2v) is 8.42. The normalized spacial score (nSPS) is 23.7. The summed E-state index contributed by atoms with van der Waals surface area (Å²) in [5.41, 5.74) is 1.06. The van der Waals surface area contributed by atoms with Crippen LogP contribution in [0, 0.1) is 6.92 Å². The third-order valence-corrected chi connectivity index (χ3v) is 5.72. The van der Waals surface area contributed by atoms with E-state index in [2.05, 4.69) is 16.0 Å². The predicted molar refractivity (Wildman–Crippen MR) is 121 cm³/mol. The van der Waals surface area contributed by atoms with Crippen LogP contribution in [0.4, 0.5) is 0 Å². The molecule has 0 saturated carbocycles. The average Bonchev–Trinajstić information content (AvgIpc) is 3.34. The summed E-state index contributed by atoms with van der Waals surface area (Å²) >= 11 is 0. The summed E-state index contributed by atoms with van der Waals surface area (Å²) in [6.07, 6.45) is -0.437. The summed E-state index contributed by atoms with van der Waals surface area (Å²) in [5, 5.41) is 18.0. The summed E-state index contributed by atoms with van der Waals surface area (Å²) in [7, 11) is 0. The Hall–Kier alpha value is -3.18. The van der Waals surface area contributed by atoms with Crippen LogP contribution in [-0.4, -0.2) is 91.3 Å². The van der Waals surface area contributed by atoms with E-state index in [9.17, 15) is 24.3 Å². The molecule has 1 fully saturated rings. The maximum Gasteiger partial charge on any atom is 0.252 e. The molecule has 4 N–H and O–H groups in total. The van der Waals surface area contributed by atoms with Crippen molar-refractivity contribution in [3.63, 3.8) is 0 Å². The van der Waals surface area contributed by atoms with Crippen LogP contribution in [0.5, 0.6) is 5.75 Å². The lowest BCUT2D eigenvalue weighted by atomic mass is 10.1. The van der Waals surface area contributed by atoms with Crippen molar-refractivity contribution >= 4 is 23.6 Å². The number of aryl methyl sites for hydroxylation is 1. The lowest BCUT2D eigenvalue weighted by Gasteiger charge is -2.26. The molecule has 1 saturated heterocycles. The minimum Gasteiger partial charge on any atom is -0.491 e.